The fraction of sp³-hybridized carbons (Fsp3) is 0.500. The quantitative estimate of drug-likeness (QED) is 0.820. The van der Waals surface area contributed by atoms with Gasteiger partial charge in [-0.3, -0.25) is 0 Å². The van der Waals surface area contributed by atoms with Gasteiger partial charge in [-0.25, -0.2) is 9.50 Å². The van der Waals surface area contributed by atoms with Gasteiger partial charge in [-0.05, 0) is 18.9 Å². The second-order valence-electron chi connectivity index (χ2n) is 4.64. The second kappa shape index (κ2) is 4.33. The summed E-state index contributed by atoms with van der Waals surface area (Å²) in [6, 6.07) is 2.52. The van der Waals surface area contributed by atoms with Crippen LogP contribution in [-0.2, 0) is 0 Å². The highest BCUT2D eigenvalue weighted by Gasteiger charge is 2.22. The summed E-state index contributed by atoms with van der Waals surface area (Å²) in [6.07, 6.45) is 10.1. The summed E-state index contributed by atoms with van der Waals surface area (Å²) in [5.74, 6) is 0.882. The Kier molecular flexibility index (Phi) is 2.68. The molecule has 1 aliphatic rings. The molecule has 2 atom stereocenters. The van der Waals surface area contributed by atoms with Crippen molar-refractivity contribution in [2.24, 2.45) is 5.73 Å². The number of aromatic nitrogens is 3. The van der Waals surface area contributed by atoms with Crippen LogP contribution < -0.4 is 11.1 Å². The molecule has 1 aliphatic carbocycles. The fourth-order valence-electron chi connectivity index (χ4n) is 2.48. The van der Waals surface area contributed by atoms with Crippen molar-refractivity contribution in [1.82, 2.24) is 14.6 Å². The molecule has 5 nitrogen and oxygen atoms in total. The van der Waals surface area contributed by atoms with Gasteiger partial charge >= 0.3 is 0 Å². The average molecular weight is 231 g/mol. The van der Waals surface area contributed by atoms with Crippen LogP contribution in [0, 0.1) is 0 Å². The van der Waals surface area contributed by atoms with Gasteiger partial charge in [-0.15, -0.1) is 0 Å². The topological polar surface area (TPSA) is 68.2 Å². The van der Waals surface area contributed by atoms with Crippen LogP contribution in [-0.4, -0.2) is 26.7 Å². The number of hydrogen-bond acceptors (Lipinski definition) is 4. The van der Waals surface area contributed by atoms with Gasteiger partial charge in [0.2, 0.25) is 0 Å². The van der Waals surface area contributed by atoms with Gasteiger partial charge in [0.05, 0.1) is 6.20 Å². The molecular weight excluding hydrogens is 214 g/mol. The summed E-state index contributed by atoms with van der Waals surface area (Å²) in [6.45, 7) is 0. The lowest BCUT2D eigenvalue weighted by atomic mass is 9.91. The minimum absolute atomic E-state index is 0.230. The summed E-state index contributed by atoms with van der Waals surface area (Å²) >= 11 is 0. The van der Waals surface area contributed by atoms with E-state index in [0.717, 1.165) is 24.2 Å². The van der Waals surface area contributed by atoms with Gasteiger partial charge in [-0.1, -0.05) is 12.8 Å². The smallest absolute Gasteiger partial charge is 0.152 e. The molecule has 0 saturated heterocycles. The lowest BCUT2D eigenvalue weighted by Crippen LogP contribution is -2.42. The molecule has 0 aromatic carbocycles. The molecule has 2 aromatic rings. The predicted octanol–water partition coefficient (Wildman–Crippen LogP) is 1.41. The van der Waals surface area contributed by atoms with Crippen LogP contribution >= 0.6 is 0 Å². The van der Waals surface area contributed by atoms with Gasteiger partial charge < -0.3 is 11.1 Å². The molecule has 90 valence electrons. The van der Waals surface area contributed by atoms with Crippen molar-refractivity contribution in [3.05, 3.63) is 24.7 Å². The largest absolute Gasteiger partial charge is 0.364 e. The van der Waals surface area contributed by atoms with Crippen LogP contribution in [0.15, 0.2) is 24.7 Å². The van der Waals surface area contributed by atoms with Gasteiger partial charge in [0.15, 0.2) is 5.82 Å². The number of hydrogen-bond donors (Lipinski definition) is 2. The highest BCUT2D eigenvalue weighted by atomic mass is 15.2. The molecule has 0 radical (unpaired) electrons. The summed E-state index contributed by atoms with van der Waals surface area (Å²) in [5, 5.41) is 7.66. The first-order valence-electron chi connectivity index (χ1n) is 6.15. The van der Waals surface area contributed by atoms with E-state index in [0.29, 0.717) is 6.04 Å². The van der Waals surface area contributed by atoms with E-state index >= 15 is 0 Å². The molecule has 2 aromatic heterocycles. The molecule has 17 heavy (non-hydrogen) atoms. The first-order valence-corrected chi connectivity index (χ1v) is 6.15. The Bertz CT molecular complexity index is 506. The zero-order valence-corrected chi connectivity index (χ0v) is 9.71. The Hall–Kier alpha value is -1.62. The number of nitrogens with two attached hydrogens (primary N) is 1. The van der Waals surface area contributed by atoms with Crippen molar-refractivity contribution < 1.29 is 0 Å². The van der Waals surface area contributed by atoms with E-state index in [1.54, 1.807) is 12.4 Å². The van der Waals surface area contributed by atoms with Gasteiger partial charge in [0.25, 0.3) is 0 Å². The summed E-state index contributed by atoms with van der Waals surface area (Å²) in [7, 11) is 0. The number of anilines is 1. The van der Waals surface area contributed by atoms with E-state index in [9.17, 15) is 0 Å². The lowest BCUT2D eigenvalue weighted by Gasteiger charge is -2.29. The van der Waals surface area contributed by atoms with Crippen molar-refractivity contribution in [2.45, 2.75) is 37.8 Å². The van der Waals surface area contributed by atoms with Crippen molar-refractivity contribution in [3.63, 3.8) is 0 Å². The second-order valence-corrected chi connectivity index (χ2v) is 4.64. The maximum atomic E-state index is 6.13. The van der Waals surface area contributed by atoms with E-state index < -0.39 is 0 Å². The maximum Gasteiger partial charge on any atom is 0.152 e. The van der Waals surface area contributed by atoms with Gasteiger partial charge in [0, 0.05) is 24.5 Å². The number of rotatable bonds is 2. The Morgan fingerprint density at radius 2 is 2.18 bits per heavy atom. The summed E-state index contributed by atoms with van der Waals surface area (Å²) in [5.41, 5.74) is 7.14. The number of nitrogens with one attached hydrogen (secondary N) is 1. The molecule has 1 fully saturated rings. The van der Waals surface area contributed by atoms with Crippen LogP contribution in [0.2, 0.25) is 0 Å². The van der Waals surface area contributed by atoms with Crippen LogP contribution in [0.5, 0.6) is 0 Å². The van der Waals surface area contributed by atoms with E-state index in [1.807, 2.05) is 16.8 Å². The molecule has 0 spiro atoms. The van der Waals surface area contributed by atoms with Gasteiger partial charge in [0.1, 0.15) is 5.52 Å². The third kappa shape index (κ3) is 1.98. The van der Waals surface area contributed by atoms with Crippen molar-refractivity contribution >= 4 is 11.3 Å². The third-order valence-corrected chi connectivity index (χ3v) is 3.47. The number of nitrogens with zero attached hydrogens (tertiary/aromatic N) is 3. The molecule has 2 unspecified atom stereocenters. The Morgan fingerprint density at radius 1 is 1.29 bits per heavy atom. The molecule has 1 saturated carbocycles. The molecule has 3 N–H and O–H groups in total. The predicted molar refractivity (Wildman–Crippen MR) is 66.8 cm³/mol. The zero-order chi connectivity index (χ0) is 11.7. The standard InChI is InChI=1S/C12H17N5/c13-9-3-1-2-4-10(9)16-12-11-5-6-15-17(11)8-7-14-12/h5-10H,1-4,13H2,(H,14,16). The Labute approximate surface area is 100 Å². The molecular formula is C12H17N5. The molecule has 3 rings (SSSR count). The van der Waals surface area contributed by atoms with Gasteiger partial charge in [-0.2, -0.15) is 5.10 Å². The van der Waals surface area contributed by atoms with Crippen molar-refractivity contribution in [3.8, 4) is 0 Å². The molecule has 0 bridgehead atoms. The first-order chi connectivity index (χ1) is 8.34. The molecule has 5 heteroatoms. The molecule has 2 heterocycles. The van der Waals surface area contributed by atoms with Crippen LogP contribution in [0.1, 0.15) is 25.7 Å². The summed E-state index contributed by atoms with van der Waals surface area (Å²) < 4.78 is 1.82. The Morgan fingerprint density at radius 3 is 3.06 bits per heavy atom. The lowest BCUT2D eigenvalue weighted by molar-refractivity contribution is 0.403. The first kappa shape index (κ1) is 10.5. The van der Waals surface area contributed by atoms with Crippen LogP contribution in [0.4, 0.5) is 5.82 Å². The minimum Gasteiger partial charge on any atom is -0.364 e. The van der Waals surface area contributed by atoms with E-state index in [2.05, 4.69) is 15.4 Å². The van der Waals surface area contributed by atoms with Crippen LogP contribution in [0.25, 0.3) is 5.52 Å². The fourth-order valence-corrected chi connectivity index (χ4v) is 2.48. The Balaban J connectivity index is 1.86. The van der Waals surface area contributed by atoms with Crippen molar-refractivity contribution in [2.75, 3.05) is 5.32 Å². The minimum atomic E-state index is 0.230. The van der Waals surface area contributed by atoms with Crippen molar-refractivity contribution in [1.29, 1.82) is 0 Å². The van der Waals surface area contributed by atoms with E-state index in [1.165, 1.54) is 12.8 Å². The monoisotopic (exact) mass is 231 g/mol. The summed E-state index contributed by atoms with van der Waals surface area (Å²) in [4.78, 5) is 4.38. The zero-order valence-electron chi connectivity index (χ0n) is 9.71. The molecule has 0 aliphatic heterocycles. The molecule has 0 amide bonds. The van der Waals surface area contributed by atoms with Crippen LogP contribution in [0.3, 0.4) is 0 Å². The maximum absolute atomic E-state index is 6.13. The highest BCUT2D eigenvalue weighted by Crippen LogP contribution is 2.22. The third-order valence-electron chi connectivity index (χ3n) is 3.47. The van der Waals surface area contributed by atoms with E-state index in [4.69, 9.17) is 5.73 Å². The number of fused-ring (bicyclic) bond motifs is 1. The average Bonchev–Trinajstić information content (AvgIpc) is 2.81. The SMILES string of the molecule is NC1CCCCC1Nc1nccn2nccc12. The van der Waals surface area contributed by atoms with E-state index in [-0.39, 0.29) is 6.04 Å². The normalized spacial score (nSPS) is 25.0. The highest BCUT2D eigenvalue weighted by molar-refractivity contribution is 5.67.